The van der Waals surface area contributed by atoms with Crippen molar-refractivity contribution >= 4 is 58.3 Å². The number of carbonyl (C=O) groups is 1. The Morgan fingerprint density at radius 3 is 2.29 bits per heavy atom. The fourth-order valence-corrected chi connectivity index (χ4v) is 3.41. The summed E-state index contributed by atoms with van der Waals surface area (Å²) in [4.78, 5) is 16.6. The summed E-state index contributed by atoms with van der Waals surface area (Å²) < 4.78 is 10.7. The number of methoxy groups -OCH3 is 1. The van der Waals surface area contributed by atoms with Gasteiger partial charge in [-0.1, -0.05) is 40.9 Å². The van der Waals surface area contributed by atoms with Crippen molar-refractivity contribution in [3.63, 3.8) is 0 Å². The minimum absolute atomic E-state index is 0.224. The molecule has 31 heavy (non-hydrogen) atoms. The first-order valence-electron chi connectivity index (χ1n) is 9.21. The van der Waals surface area contributed by atoms with Crippen molar-refractivity contribution in [3.8, 4) is 11.5 Å². The van der Waals surface area contributed by atoms with Gasteiger partial charge in [-0.3, -0.25) is 9.79 Å². The van der Waals surface area contributed by atoms with E-state index in [-0.39, 0.29) is 28.3 Å². The molecule has 3 aromatic carbocycles. The molecule has 0 aliphatic carbocycles. The number of ether oxygens (including phenoxy) is 2. The summed E-state index contributed by atoms with van der Waals surface area (Å²) in [5, 5.41) is 3.82. The molecule has 0 fully saturated rings. The van der Waals surface area contributed by atoms with Crippen LogP contribution < -0.4 is 14.8 Å². The standard InChI is InChI=1S/C23H19Cl3N2O3/c1-14-3-4-17(11-19(14)24)28-22(29)13-31-23-20(25)9-15(10-21(23)26)12-27-16-5-7-18(30-2)8-6-16/h3-12H,13H2,1-2H3,(H,28,29). The van der Waals surface area contributed by atoms with E-state index in [1.54, 1.807) is 37.6 Å². The number of anilines is 1. The van der Waals surface area contributed by atoms with E-state index in [1.807, 2.05) is 37.3 Å². The van der Waals surface area contributed by atoms with Gasteiger partial charge in [-0.2, -0.15) is 0 Å². The number of hydrogen-bond donors (Lipinski definition) is 1. The largest absolute Gasteiger partial charge is 0.497 e. The lowest BCUT2D eigenvalue weighted by Gasteiger charge is -2.11. The molecule has 3 rings (SSSR count). The third-order valence-corrected chi connectivity index (χ3v) is 5.23. The van der Waals surface area contributed by atoms with E-state index in [1.165, 1.54) is 0 Å². The Morgan fingerprint density at radius 2 is 1.68 bits per heavy atom. The van der Waals surface area contributed by atoms with E-state index in [2.05, 4.69) is 10.3 Å². The lowest BCUT2D eigenvalue weighted by molar-refractivity contribution is -0.118. The van der Waals surface area contributed by atoms with Crippen LogP contribution in [0.1, 0.15) is 11.1 Å². The van der Waals surface area contributed by atoms with Crippen LogP contribution in [0.3, 0.4) is 0 Å². The Labute approximate surface area is 195 Å². The second kappa shape index (κ2) is 10.5. The number of amides is 1. The zero-order valence-corrected chi connectivity index (χ0v) is 19.1. The number of nitrogens with zero attached hydrogens (tertiary/aromatic N) is 1. The van der Waals surface area contributed by atoms with Crippen LogP contribution in [0.25, 0.3) is 0 Å². The molecule has 0 radical (unpaired) electrons. The average Bonchev–Trinajstić information content (AvgIpc) is 2.74. The maximum absolute atomic E-state index is 12.2. The van der Waals surface area contributed by atoms with E-state index in [4.69, 9.17) is 44.3 Å². The zero-order chi connectivity index (χ0) is 22.4. The first-order valence-corrected chi connectivity index (χ1v) is 10.3. The van der Waals surface area contributed by atoms with E-state index in [0.717, 1.165) is 17.0 Å². The third-order valence-electron chi connectivity index (χ3n) is 4.26. The van der Waals surface area contributed by atoms with Crippen molar-refractivity contribution in [1.82, 2.24) is 0 Å². The molecule has 0 aliphatic heterocycles. The maximum atomic E-state index is 12.2. The van der Waals surface area contributed by atoms with Crippen LogP contribution in [-0.2, 0) is 4.79 Å². The number of benzene rings is 3. The van der Waals surface area contributed by atoms with Gasteiger partial charge in [0.25, 0.3) is 5.91 Å². The molecule has 0 aromatic heterocycles. The Hall–Kier alpha value is -2.73. The van der Waals surface area contributed by atoms with Crippen LogP contribution >= 0.6 is 34.8 Å². The second-order valence-corrected chi connectivity index (χ2v) is 7.79. The minimum Gasteiger partial charge on any atom is -0.497 e. The van der Waals surface area contributed by atoms with Gasteiger partial charge < -0.3 is 14.8 Å². The fraction of sp³-hybridized carbons (Fsp3) is 0.130. The highest BCUT2D eigenvalue weighted by Crippen LogP contribution is 2.34. The Bertz CT molecular complexity index is 1090. The molecular weight excluding hydrogens is 459 g/mol. The molecule has 0 saturated heterocycles. The molecule has 0 bridgehead atoms. The van der Waals surface area contributed by atoms with Crippen molar-refractivity contribution < 1.29 is 14.3 Å². The third kappa shape index (κ3) is 6.37. The SMILES string of the molecule is COc1ccc(N=Cc2cc(Cl)c(OCC(=O)Nc3ccc(C)c(Cl)c3)c(Cl)c2)cc1. The molecule has 0 unspecified atom stereocenters. The summed E-state index contributed by atoms with van der Waals surface area (Å²) in [5.74, 6) is 0.611. The highest BCUT2D eigenvalue weighted by molar-refractivity contribution is 6.37. The first kappa shape index (κ1) is 22.9. The number of rotatable bonds is 7. The van der Waals surface area contributed by atoms with Crippen molar-refractivity contribution in [2.75, 3.05) is 19.0 Å². The van der Waals surface area contributed by atoms with Gasteiger partial charge in [-0.25, -0.2) is 0 Å². The number of carbonyl (C=O) groups excluding carboxylic acids is 1. The highest BCUT2D eigenvalue weighted by atomic mass is 35.5. The predicted molar refractivity (Wildman–Crippen MR) is 127 cm³/mol. The van der Waals surface area contributed by atoms with Gasteiger partial charge in [0.2, 0.25) is 0 Å². The van der Waals surface area contributed by atoms with Crippen LogP contribution in [0.15, 0.2) is 59.6 Å². The van der Waals surface area contributed by atoms with Crippen molar-refractivity contribution in [3.05, 3.63) is 80.8 Å². The zero-order valence-electron chi connectivity index (χ0n) is 16.8. The van der Waals surface area contributed by atoms with Crippen LogP contribution in [0.4, 0.5) is 11.4 Å². The normalized spacial score (nSPS) is 10.9. The van der Waals surface area contributed by atoms with E-state index >= 15 is 0 Å². The van der Waals surface area contributed by atoms with Gasteiger partial charge in [0, 0.05) is 16.9 Å². The number of halogens is 3. The topological polar surface area (TPSA) is 59.9 Å². The van der Waals surface area contributed by atoms with E-state index in [9.17, 15) is 4.79 Å². The molecule has 1 amide bonds. The molecule has 5 nitrogen and oxygen atoms in total. The summed E-state index contributed by atoms with van der Waals surface area (Å²) in [7, 11) is 1.60. The van der Waals surface area contributed by atoms with Crippen LogP contribution in [0.5, 0.6) is 11.5 Å². The summed E-state index contributed by atoms with van der Waals surface area (Å²) in [6, 6.07) is 15.9. The first-order chi connectivity index (χ1) is 14.9. The van der Waals surface area contributed by atoms with Gasteiger partial charge in [0.05, 0.1) is 22.8 Å². The molecule has 3 aromatic rings. The van der Waals surface area contributed by atoms with Crippen LogP contribution in [0.2, 0.25) is 15.1 Å². The van der Waals surface area contributed by atoms with Crippen molar-refractivity contribution in [2.24, 2.45) is 4.99 Å². The molecular formula is C23H19Cl3N2O3. The van der Waals surface area contributed by atoms with Gasteiger partial charge >= 0.3 is 0 Å². The molecule has 0 aliphatic rings. The van der Waals surface area contributed by atoms with Gasteiger partial charge in [0.1, 0.15) is 5.75 Å². The quantitative estimate of drug-likeness (QED) is 0.384. The van der Waals surface area contributed by atoms with Crippen LogP contribution in [-0.4, -0.2) is 25.8 Å². The molecule has 0 saturated carbocycles. The average molecular weight is 478 g/mol. The number of aliphatic imine (C=N–C) groups is 1. The van der Waals surface area contributed by atoms with Gasteiger partial charge in [-0.05, 0) is 66.6 Å². The molecule has 0 heterocycles. The molecule has 1 N–H and O–H groups in total. The van der Waals surface area contributed by atoms with Crippen LogP contribution in [0, 0.1) is 6.92 Å². The molecule has 8 heteroatoms. The smallest absolute Gasteiger partial charge is 0.262 e. The van der Waals surface area contributed by atoms with Crippen molar-refractivity contribution in [1.29, 1.82) is 0 Å². The fourth-order valence-electron chi connectivity index (χ4n) is 2.61. The summed E-state index contributed by atoms with van der Waals surface area (Å²) in [6.07, 6.45) is 1.64. The lowest BCUT2D eigenvalue weighted by Crippen LogP contribution is -2.20. The number of aryl methyl sites for hydroxylation is 1. The Balaban J connectivity index is 1.63. The lowest BCUT2D eigenvalue weighted by atomic mass is 10.2. The summed E-state index contributed by atoms with van der Waals surface area (Å²) in [5.41, 5.74) is 2.94. The summed E-state index contributed by atoms with van der Waals surface area (Å²) >= 11 is 18.7. The molecule has 0 atom stereocenters. The Kier molecular flexibility index (Phi) is 7.80. The second-order valence-electron chi connectivity index (χ2n) is 6.57. The monoisotopic (exact) mass is 476 g/mol. The molecule has 160 valence electrons. The number of hydrogen-bond acceptors (Lipinski definition) is 4. The Morgan fingerprint density at radius 1 is 1.00 bits per heavy atom. The van der Waals surface area contributed by atoms with Gasteiger partial charge in [0.15, 0.2) is 12.4 Å². The van der Waals surface area contributed by atoms with Gasteiger partial charge in [-0.15, -0.1) is 0 Å². The van der Waals surface area contributed by atoms with Crippen molar-refractivity contribution in [2.45, 2.75) is 6.92 Å². The summed E-state index contributed by atoms with van der Waals surface area (Å²) in [6.45, 7) is 1.62. The predicted octanol–water partition coefficient (Wildman–Crippen LogP) is 6.73. The van der Waals surface area contributed by atoms with E-state index in [0.29, 0.717) is 16.3 Å². The maximum Gasteiger partial charge on any atom is 0.262 e. The minimum atomic E-state index is -0.364. The highest BCUT2D eigenvalue weighted by Gasteiger charge is 2.12. The van der Waals surface area contributed by atoms with E-state index < -0.39 is 0 Å². The number of nitrogens with one attached hydrogen (secondary N) is 1. The molecule has 0 spiro atoms.